The lowest BCUT2D eigenvalue weighted by Gasteiger charge is -2.26. The summed E-state index contributed by atoms with van der Waals surface area (Å²) in [5.41, 5.74) is 7.06. The second-order valence-corrected chi connectivity index (χ2v) is 6.17. The summed E-state index contributed by atoms with van der Waals surface area (Å²) < 4.78 is 6.12. The molecule has 0 bridgehead atoms. The molecule has 1 unspecified atom stereocenters. The number of nitrogens with one attached hydrogen (secondary N) is 2. The fourth-order valence-electron chi connectivity index (χ4n) is 3.73. The molecule has 2 aromatic heterocycles. The third-order valence-electron chi connectivity index (χ3n) is 4.81. The molecule has 0 fully saturated rings. The Bertz CT molecular complexity index is 821. The van der Waals surface area contributed by atoms with Crippen LogP contribution < -0.4 is 4.74 Å². The topological polar surface area (TPSA) is 53.2 Å². The van der Waals surface area contributed by atoms with Crippen molar-refractivity contribution in [3.05, 3.63) is 46.9 Å². The highest BCUT2D eigenvalue weighted by Crippen LogP contribution is 2.42. The van der Waals surface area contributed by atoms with Crippen LogP contribution in [0.15, 0.2) is 46.2 Å². The third kappa shape index (κ3) is 1.73. The Labute approximate surface area is 128 Å². The molecule has 3 aliphatic rings. The molecule has 4 nitrogen and oxygen atoms in total. The molecule has 4 heterocycles. The van der Waals surface area contributed by atoms with E-state index in [2.05, 4.69) is 33.2 Å². The Morgan fingerprint density at radius 1 is 1.27 bits per heavy atom. The highest BCUT2D eigenvalue weighted by atomic mass is 16.5. The molecule has 0 spiro atoms. The molecule has 2 aliphatic heterocycles. The Hall–Kier alpha value is -2.49. The van der Waals surface area contributed by atoms with Crippen molar-refractivity contribution in [1.29, 1.82) is 0 Å². The normalized spacial score (nSPS) is 24.9. The van der Waals surface area contributed by atoms with Crippen molar-refractivity contribution < 1.29 is 4.74 Å². The molecule has 2 N–H and O–H groups in total. The first-order valence-electron chi connectivity index (χ1n) is 7.87. The Kier molecular flexibility index (Phi) is 2.47. The van der Waals surface area contributed by atoms with Gasteiger partial charge in [0.25, 0.3) is 0 Å². The van der Waals surface area contributed by atoms with Gasteiger partial charge < -0.3 is 14.7 Å². The number of fused-ring (bicyclic) bond motifs is 1. The van der Waals surface area contributed by atoms with Gasteiger partial charge in [0.2, 0.25) is 0 Å². The summed E-state index contributed by atoms with van der Waals surface area (Å²) >= 11 is 0. The van der Waals surface area contributed by atoms with Crippen molar-refractivity contribution in [2.45, 2.75) is 19.3 Å². The summed E-state index contributed by atoms with van der Waals surface area (Å²) in [6.45, 7) is 0.745. The first-order chi connectivity index (χ1) is 10.9. The molecule has 4 heteroatoms. The summed E-state index contributed by atoms with van der Waals surface area (Å²) in [6.07, 6.45) is 9.70. The molecule has 2 aromatic rings. The van der Waals surface area contributed by atoms with E-state index in [1.165, 1.54) is 24.0 Å². The first kappa shape index (κ1) is 12.1. The number of H-pyrrole nitrogens is 2. The van der Waals surface area contributed by atoms with Crippen LogP contribution in [0.4, 0.5) is 0 Å². The number of nitrogens with zero attached hydrogens (tertiary/aromatic N) is 1. The summed E-state index contributed by atoms with van der Waals surface area (Å²) in [5.74, 6) is 1.40. The smallest absolute Gasteiger partial charge is 0.144 e. The monoisotopic (exact) mass is 291 g/mol. The van der Waals surface area contributed by atoms with E-state index in [9.17, 15) is 0 Å². The molecule has 0 aromatic carbocycles. The largest absolute Gasteiger partial charge is 0.491 e. The van der Waals surface area contributed by atoms with Crippen molar-refractivity contribution in [1.82, 2.24) is 9.97 Å². The van der Waals surface area contributed by atoms with E-state index < -0.39 is 0 Å². The Morgan fingerprint density at radius 3 is 3.18 bits per heavy atom. The quantitative estimate of drug-likeness (QED) is 0.822. The standard InChI is InChI=1S/C18H17N3O/c1-3-11-9-20-16-7-15-17(22-10-12(4-1)18(11)16)8-14(21-15)13-5-2-6-19-13/h2,5-9,12,19,21H,1,3-4,10H2/b16-7+. The van der Waals surface area contributed by atoms with Crippen LogP contribution >= 0.6 is 0 Å². The number of allylic oxidation sites excluding steroid dienone is 2. The van der Waals surface area contributed by atoms with E-state index in [0.717, 1.165) is 41.6 Å². The lowest BCUT2D eigenvalue weighted by molar-refractivity contribution is 0.255. The van der Waals surface area contributed by atoms with E-state index in [1.54, 1.807) is 0 Å². The van der Waals surface area contributed by atoms with Crippen LogP contribution in [0.5, 0.6) is 5.75 Å². The van der Waals surface area contributed by atoms with Gasteiger partial charge in [-0.3, -0.25) is 4.99 Å². The average Bonchev–Trinajstić information content (AvgIpc) is 3.23. The number of hydrogen-bond acceptors (Lipinski definition) is 2. The maximum atomic E-state index is 6.12. The number of rotatable bonds is 1. The molecule has 1 aliphatic carbocycles. The number of ether oxygens (including phenoxy) is 1. The first-order valence-corrected chi connectivity index (χ1v) is 7.87. The highest BCUT2D eigenvalue weighted by Gasteiger charge is 2.30. The molecular weight excluding hydrogens is 274 g/mol. The third-order valence-corrected chi connectivity index (χ3v) is 4.81. The molecule has 5 rings (SSSR count). The van der Waals surface area contributed by atoms with Gasteiger partial charge in [0.15, 0.2) is 0 Å². The van der Waals surface area contributed by atoms with Gasteiger partial charge in [-0.2, -0.15) is 0 Å². The van der Waals surface area contributed by atoms with Gasteiger partial charge in [0, 0.05) is 24.4 Å². The fraction of sp³-hybridized carbons (Fsp3) is 0.278. The zero-order valence-electron chi connectivity index (χ0n) is 12.2. The van der Waals surface area contributed by atoms with E-state index in [1.807, 2.05) is 18.5 Å². The van der Waals surface area contributed by atoms with Gasteiger partial charge >= 0.3 is 0 Å². The van der Waals surface area contributed by atoms with Gasteiger partial charge in [-0.05, 0) is 48.6 Å². The molecule has 0 radical (unpaired) electrons. The van der Waals surface area contributed by atoms with E-state index >= 15 is 0 Å². The second kappa shape index (κ2) is 4.50. The van der Waals surface area contributed by atoms with Crippen LogP contribution in [0.3, 0.4) is 0 Å². The summed E-state index contributed by atoms with van der Waals surface area (Å²) in [6, 6.07) is 6.13. The molecule has 0 saturated carbocycles. The zero-order chi connectivity index (χ0) is 14.5. The molecule has 110 valence electrons. The zero-order valence-corrected chi connectivity index (χ0v) is 12.2. The highest BCUT2D eigenvalue weighted by molar-refractivity contribution is 5.89. The van der Waals surface area contributed by atoms with E-state index in [0.29, 0.717) is 5.92 Å². The van der Waals surface area contributed by atoms with Gasteiger partial charge in [-0.1, -0.05) is 0 Å². The van der Waals surface area contributed by atoms with E-state index in [-0.39, 0.29) is 0 Å². The minimum absolute atomic E-state index is 0.481. The minimum Gasteiger partial charge on any atom is -0.491 e. The predicted molar refractivity (Wildman–Crippen MR) is 86.9 cm³/mol. The molecular formula is C18H17N3O. The average molecular weight is 291 g/mol. The number of aromatic nitrogens is 2. The van der Waals surface area contributed by atoms with Crippen molar-refractivity contribution in [2.24, 2.45) is 10.9 Å². The Morgan fingerprint density at radius 2 is 2.27 bits per heavy atom. The lowest BCUT2D eigenvalue weighted by Crippen LogP contribution is -2.20. The molecule has 0 amide bonds. The maximum absolute atomic E-state index is 6.12. The van der Waals surface area contributed by atoms with Crippen LogP contribution in [0.2, 0.25) is 0 Å². The lowest BCUT2D eigenvalue weighted by atomic mass is 9.82. The van der Waals surface area contributed by atoms with Crippen LogP contribution in [-0.2, 0) is 0 Å². The number of aliphatic imine (C=N–C) groups is 1. The van der Waals surface area contributed by atoms with Gasteiger partial charge in [0.05, 0.1) is 29.4 Å². The van der Waals surface area contributed by atoms with Crippen molar-refractivity contribution in [3.8, 4) is 17.1 Å². The van der Waals surface area contributed by atoms with Crippen LogP contribution in [0, 0.1) is 5.92 Å². The van der Waals surface area contributed by atoms with Crippen molar-refractivity contribution in [3.63, 3.8) is 0 Å². The van der Waals surface area contributed by atoms with Gasteiger partial charge in [0.1, 0.15) is 5.75 Å². The van der Waals surface area contributed by atoms with Crippen LogP contribution in [0.25, 0.3) is 17.5 Å². The van der Waals surface area contributed by atoms with Gasteiger partial charge in [-0.15, -0.1) is 0 Å². The SMILES string of the molecule is C1=N/C2=C/c3[nH]c(-c4ccc[nH]4)cc3OCC3CCCC1=C23. The molecule has 0 saturated heterocycles. The summed E-state index contributed by atoms with van der Waals surface area (Å²) in [5, 5.41) is 0. The fourth-order valence-corrected chi connectivity index (χ4v) is 3.73. The van der Waals surface area contributed by atoms with Crippen molar-refractivity contribution in [2.75, 3.05) is 6.61 Å². The van der Waals surface area contributed by atoms with Crippen molar-refractivity contribution >= 4 is 12.3 Å². The van der Waals surface area contributed by atoms with Gasteiger partial charge in [-0.25, -0.2) is 0 Å². The second-order valence-electron chi connectivity index (χ2n) is 6.17. The minimum atomic E-state index is 0.481. The number of aromatic amines is 2. The predicted octanol–water partition coefficient (Wildman–Crippen LogP) is 3.92. The molecule has 22 heavy (non-hydrogen) atoms. The summed E-state index contributed by atoms with van der Waals surface area (Å²) in [4.78, 5) is 11.3. The Balaban J connectivity index is 1.63. The number of hydrogen-bond donors (Lipinski definition) is 2. The van der Waals surface area contributed by atoms with E-state index in [4.69, 9.17) is 4.74 Å². The maximum Gasteiger partial charge on any atom is 0.144 e. The summed E-state index contributed by atoms with van der Waals surface area (Å²) in [7, 11) is 0. The van der Waals surface area contributed by atoms with Crippen LogP contribution in [-0.4, -0.2) is 22.8 Å². The molecule has 1 atom stereocenters. The van der Waals surface area contributed by atoms with Crippen LogP contribution in [0.1, 0.15) is 25.0 Å².